The van der Waals surface area contributed by atoms with E-state index >= 15 is 0 Å². The Balaban J connectivity index is 1.86. The molecule has 3 heteroatoms. The minimum absolute atomic E-state index is 0.677. The third kappa shape index (κ3) is 2.00. The molecule has 1 saturated carbocycles. The van der Waals surface area contributed by atoms with Gasteiger partial charge in [0.1, 0.15) is 5.75 Å². The fourth-order valence-corrected chi connectivity index (χ4v) is 3.20. The number of hydrogen-bond donors (Lipinski definition) is 1. The monoisotopic (exact) mass is 232 g/mol. The zero-order valence-electron chi connectivity index (χ0n) is 10.4. The first-order chi connectivity index (χ1) is 8.38. The largest absolute Gasteiger partial charge is 0.497 e. The third-order valence-corrected chi connectivity index (χ3v) is 4.02. The van der Waals surface area contributed by atoms with Crippen molar-refractivity contribution >= 4 is 5.69 Å². The number of piperazine rings is 1. The number of anilines is 1. The molecule has 92 valence electrons. The summed E-state index contributed by atoms with van der Waals surface area (Å²) in [6.45, 7) is 2.20. The molecule has 1 heterocycles. The molecule has 3 rings (SSSR count). The smallest absolute Gasteiger partial charge is 0.120 e. The number of fused-ring (bicyclic) bond motifs is 1. The zero-order chi connectivity index (χ0) is 11.7. The average molecular weight is 232 g/mol. The fraction of sp³-hybridized carbons (Fsp3) is 0.571. The molecule has 1 N–H and O–H groups in total. The van der Waals surface area contributed by atoms with Crippen molar-refractivity contribution in [2.45, 2.75) is 31.3 Å². The van der Waals surface area contributed by atoms with E-state index in [0.717, 1.165) is 18.8 Å². The normalized spacial score (nSPS) is 27.9. The average Bonchev–Trinajstić information content (AvgIpc) is 2.87. The van der Waals surface area contributed by atoms with Crippen LogP contribution >= 0.6 is 0 Å². The van der Waals surface area contributed by atoms with Gasteiger partial charge in [-0.15, -0.1) is 0 Å². The predicted octanol–water partition coefficient (Wildman–Crippen LogP) is 2.03. The molecular formula is C14H20N2O. The van der Waals surface area contributed by atoms with Crippen LogP contribution in [0.4, 0.5) is 5.69 Å². The molecule has 0 aromatic heterocycles. The number of hydrogen-bond acceptors (Lipinski definition) is 3. The zero-order valence-corrected chi connectivity index (χ0v) is 10.4. The maximum atomic E-state index is 5.31. The van der Waals surface area contributed by atoms with E-state index in [9.17, 15) is 0 Å². The lowest BCUT2D eigenvalue weighted by Gasteiger charge is -2.40. The molecular weight excluding hydrogens is 212 g/mol. The number of nitrogens with one attached hydrogen (secondary N) is 1. The topological polar surface area (TPSA) is 24.5 Å². The Bertz CT molecular complexity index is 394. The Labute approximate surface area is 103 Å². The number of benzene rings is 1. The molecule has 1 saturated heterocycles. The highest BCUT2D eigenvalue weighted by molar-refractivity contribution is 5.52. The van der Waals surface area contributed by atoms with Crippen LogP contribution in [0.1, 0.15) is 19.3 Å². The third-order valence-electron chi connectivity index (χ3n) is 4.02. The Morgan fingerprint density at radius 1 is 1.35 bits per heavy atom. The lowest BCUT2D eigenvalue weighted by atomic mass is 10.1. The van der Waals surface area contributed by atoms with Crippen molar-refractivity contribution in [2.24, 2.45) is 0 Å². The van der Waals surface area contributed by atoms with Crippen LogP contribution in [-0.4, -0.2) is 32.3 Å². The van der Waals surface area contributed by atoms with Gasteiger partial charge in [-0.2, -0.15) is 0 Å². The molecule has 2 aliphatic rings. The summed E-state index contributed by atoms with van der Waals surface area (Å²) in [5.74, 6) is 0.954. The minimum atomic E-state index is 0.677. The van der Waals surface area contributed by atoms with E-state index < -0.39 is 0 Å². The molecule has 2 fully saturated rings. The summed E-state index contributed by atoms with van der Waals surface area (Å²) in [5.41, 5.74) is 1.31. The van der Waals surface area contributed by atoms with Gasteiger partial charge in [0, 0.05) is 36.9 Å². The van der Waals surface area contributed by atoms with Gasteiger partial charge < -0.3 is 15.0 Å². The van der Waals surface area contributed by atoms with Crippen molar-refractivity contribution in [1.82, 2.24) is 5.32 Å². The van der Waals surface area contributed by atoms with Crippen molar-refractivity contribution in [3.05, 3.63) is 24.3 Å². The highest BCUT2D eigenvalue weighted by Crippen LogP contribution is 2.31. The van der Waals surface area contributed by atoms with E-state index in [1.54, 1.807) is 7.11 Å². The molecule has 0 bridgehead atoms. The van der Waals surface area contributed by atoms with Crippen LogP contribution in [0.2, 0.25) is 0 Å². The van der Waals surface area contributed by atoms with Gasteiger partial charge in [0.15, 0.2) is 0 Å². The van der Waals surface area contributed by atoms with Gasteiger partial charge in [0.25, 0.3) is 0 Å². The van der Waals surface area contributed by atoms with Gasteiger partial charge in [-0.1, -0.05) is 6.07 Å². The molecule has 17 heavy (non-hydrogen) atoms. The van der Waals surface area contributed by atoms with Gasteiger partial charge in [-0.25, -0.2) is 0 Å². The summed E-state index contributed by atoms with van der Waals surface area (Å²) in [6.07, 6.45) is 3.99. The first kappa shape index (κ1) is 10.9. The summed E-state index contributed by atoms with van der Waals surface area (Å²) in [4.78, 5) is 2.55. The molecule has 1 aliphatic carbocycles. The summed E-state index contributed by atoms with van der Waals surface area (Å²) in [5, 5.41) is 3.64. The maximum absolute atomic E-state index is 5.31. The van der Waals surface area contributed by atoms with Crippen molar-refractivity contribution in [3.8, 4) is 5.75 Å². The molecule has 0 radical (unpaired) electrons. The second-order valence-electron chi connectivity index (χ2n) is 4.95. The number of rotatable bonds is 2. The Morgan fingerprint density at radius 2 is 2.29 bits per heavy atom. The Morgan fingerprint density at radius 3 is 3.18 bits per heavy atom. The van der Waals surface area contributed by atoms with E-state index in [0.29, 0.717) is 12.1 Å². The van der Waals surface area contributed by atoms with E-state index in [4.69, 9.17) is 4.74 Å². The Hall–Kier alpha value is -1.22. The summed E-state index contributed by atoms with van der Waals surface area (Å²) >= 11 is 0. The summed E-state index contributed by atoms with van der Waals surface area (Å²) < 4.78 is 5.31. The lowest BCUT2D eigenvalue weighted by molar-refractivity contribution is 0.400. The van der Waals surface area contributed by atoms with Gasteiger partial charge in [0.2, 0.25) is 0 Å². The van der Waals surface area contributed by atoms with Crippen LogP contribution in [0.5, 0.6) is 5.75 Å². The van der Waals surface area contributed by atoms with Crippen molar-refractivity contribution in [3.63, 3.8) is 0 Å². The minimum Gasteiger partial charge on any atom is -0.497 e. The van der Waals surface area contributed by atoms with Gasteiger partial charge >= 0.3 is 0 Å². The summed E-state index contributed by atoms with van der Waals surface area (Å²) in [7, 11) is 1.73. The van der Waals surface area contributed by atoms with Crippen LogP contribution in [0.25, 0.3) is 0 Å². The quantitative estimate of drug-likeness (QED) is 0.844. The number of ether oxygens (including phenoxy) is 1. The number of methoxy groups -OCH3 is 1. The van der Waals surface area contributed by atoms with Gasteiger partial charge in [-0.3, -0.25) is 0 Å². The molecule has 1 aromatic rings. The van der Waals surface area contributed by atoms with E-state index in [1.807, 2.05) is 6.07 Å². The molecule has 1 aromatic carbocycles. The standard InChI is InChI=1S/C14H20N2O/c1-17-12-5-2-4-11(10-12)16-9-8-15-13-6-3-7-14(13)16/h2,4-5,10,13-15H,3,6-9H2,1H3. The first-order valence-corrected chi connectivity index (χ1v) is 6.52. The second-order valence-corrected chi connectivity index (χ2v) is 4.95. The molecule has 2 atom stereocenters. The highest BCUT2D eigenvalue weighted by atomic mass is 16.5. The van der Waals surface area contributed by atoms with Crippen LogP contribution < -0.4 is 15.0 Å². The van der Waals surface area contributed by atoms with Crippen LogP contribution in [-0.2, 0) is 0 Å². The van der Waals surface area contributed by atoms with E-state index in [-0.39, 0.29) is 0 Å². The first-order valence-electron chi connectivity index (χ1n) is 6.52. The summed E-state index contributed by atoms with van der Waals surface area (Å²) in [6, 6.07) is 9.81. The van der Waals surface area contributed by atoms with E-state index in [1.165, 1.54) is 24.9 Å². The number of nitrogens with zero attached hydrogens (tertiary/aromatic N) is 1. The second kappa shape index (κ2) is 4.57. The van der Waals surface area contributed by atoms with Crippen LogP contribution in [0, 0.1) is 0 Å². The van der Waals surface area contributed by atoms with Crippen molar-refractivity contribution in [2.75, 3.05) is 25.1 Å². The predicted molar refractivity (Wildman–Crippen MR) is 69.8 cm³/mol. The molecule has 3 nitrogen and oxygen atoms in total. The molecule has 1 aliphatic heterocycles. The van der Waals surface area contributed by atoms with Crippen LogP contribution in [0.3, 0.4) is 0 Å². The Kier molecular flexibility index (Phi) is 2.93. The molecule has 0 spiro atoms. The maximum Gasteiger partial charge on any atom is 0.120 e. The lowest BCUT2D eigenvalue weighted by Crippen LogP contribution is -2.55. The molecule has 2 unspecified atom stereocenters. The fourth-order valence-electron chi connectivity index (χ4n) is 3.20. The van der Waals surface area contributed by atoms with Crippen molar-refractivity contribution in [1.29, 1.82) is 0 Å². The van der Waals surface area contributed by atoms with Gasteiger partial charge in [0.05, 0.1) is 7.11 Å². The van der Waals surface area contributed by atoms with Gasteiger partial charge in [-0.05, 0) is 31.4 Å². The van der Waals surface area contributed by atoms with E-state index in [2.05, 4.69) is 28.4 Å². The SMILES string of the molecule is COc1cccc(N2CCNC3CCCC32)c1. The van der Waals surface area contributed by atoms with Crippen molar-refractivity contribution < 1.29 is 4.74 Å². The highest BCUT2D eigenvalue weighted by Gasteiger charge is 2.34. The van der Waals surface area contributed by atoms with Crippen LogP contribution in [0.15, 0.2) is 24.3 Å². The molecule has 0 amide bonds.